The largest absolute Gasteiger partial charge is 0.241 e. The molecule has 0 aliphatic heterocycles. The Balaban J connectivity index is 1.56. The van der Waals surface area contributed by atoms with E-state index in [0.29, 0.717) is 5.25 Å². The number of nitrogens with zero attached hydrogens (tertiary/aromatic N) is 3. The third kappa shape index (κ3) is 3.75. The molecular weight excluding hydrogens is 353 g/mol. The van der Waals surface area contributed by atoms with E-state index in [-0.39, 0.29) is 5.82 Å². The van der Waals surface area contributed by atoms with Crippen molar-refractivity contribution in [1.82, 2.24) is 15.2 Å². The van der Waals surface area contributed by atoms with E-state index in [0.717, 1.165) is 31.9 Å². The summed E-state index contributed by atoms with van der Waals surface area (Å²) >= 11 is 3.41. The molecule has 0 amide bonds. The zero-order chi connectivity index (χ0) is 17.2. The smallest absolute Gasteiger partial charge is 0.124 e. The summed E-state index contributed by atoms with van der Waals surface area (Å²) in [6.45, 7) is 1.97. The lowest BCUT2D eigenvalue weighted by atomic mass is 10.2. The zero-order valence-electron chi connectivity index (χ0n) is 13.9. The van der Waals surface area contributed by atoms with Crippen LogP contribution in [0.15, 0.2) is 41.4 Å². The molecule has 0 radical (unpaired) electrons. The number of halogens is 1. The van der Waals surface area contributed by atoms with E-state index in [1.807, 2.05) is 24.8 Å². The highest BCUT2D eigenvalue weighted by Crippen LogP contribution is 2.36. The number of hydrogen-bond acceptors (Lipinski definition) is 5. The first-order valence-corrected chi connectivity index (χ1v) is 10.1. The van der Waals surface area contributed by atoms with Gasteiger partial charge in [-0.15, -0.1) is 33.3 Å². The van der Waals surface area contributed by atoms with Crippen molar-refractivity contribution in [3.05, 3.63) is 47.9 Å². The second kappa shape index (κ2) is 7.22. The molecule has 6 heteroatoms. The van der Waals surface area contributed by atoms with E-state index in [4.69, 9.17) is 0 Å². The average molecular weight is 372 g/mol. The van der Waals surface area contributed by atoms with E-state index in [1.165, 1.54) is 37.8 Å². The SMILES string of the molecule is Cc1nc(-c2ccc(F)cc2)sc1-c1ccc(SC2CCCC2)nn1. The van der Waals surface area contributed by atoms with Gasteiger partial charge >= 0.3 is 0 Å². The molecule has 1 fully saturated rings. The highest BCUT2D eigenvalue weighted by atomic mass is 32.2. The van der Waals surface area contributed by atoms with Crippen LogP contribution in [0.25, 0.3) is 21.1 Å². The molecule has 3 aromatic rings. The van der Waals surface area contributed by atoms with Crippen LogP contribution < -0.4 is 0 Å². The van der Waals surface area contributed by atoms with E-state index in [1.54, 1.807) is 23.5 Å². The number of hydrogen-bond donors (Lipinski definition) is 0. The fraction of sp³-hybridized carbons (Fsp3) is 0.316. The molecule has 1 aromatic carbocycles. The number of rotatable bonds is 4. The highest BCUT2D eigenvalue weighted by molar-refractivity contribution is 7.99. The Morgan fingerprint density at radius 1 is 1.04 bits per heavy atom. The minimum atomic E-state index is -0.238. The van der Waals surface area contributed by atoms with Gasteiger partial charge in [0.25, 0.3) is 0 Å². The van der Waals surface area contributed by atoms with Gasteiger partial charge in [-0.25, -0.2) is 9.37 Å². The van der Waals surface area contributed by atoms with Gasteiger partial charge in [0.2, 0.25) is 0 Å². The summed E-state index contributed by atoms with van der Waals surface area (Å²) in [5.74, 6) is -0.238. The first kappa shape index (κ1) is 16.7. The van der Waals surface area contributed by atoms with E-state index in [2.05, 4.69) is 21.2 Å². The molecule has 3 nitrogen and oxygen atoms in total. The number of aromatic nitrogens is 3. The maximum absolute atomic E-state index is 13.1. The summed E-state index contributed by atoms with van der Waals surface area (Å²) < 4.78 is 13.1. The molecule has 0 atom stereocenters. The lowest BCUT2D eigenvalue weighted by Gasteiger charge is -2.07. The van der Waals surface area contributed by atoms with Crippen LogP contribution in [0, 0.1) is 12.7 Å². The Hall–Kier alpha value is -1.79. The van der Waals surface area contributed by atoms with Crippen LogP contribution in [0.2, 0.25) is 0 Å². The average Bonchev–Trinajstić information content (AvgIpc) is 3.26. The van der Waals surface area contributed by atoms with Crippen LogP contribution in [0.3, 0.4) is 0 Å². The van der Waals surface area contributed by atoms with E-state index in [9.17, 15) is 4.39 Å². The summed E-state index contributed by atoms with van der Waals surface area (Å²) in [4.78, 5) is 5.63. The van der Waals surface area contributed by atoms with Crippen molar-refractivity contribution in [1.29, 1.82) is 0 Å². The van der Waals surface area contributed by atoms with Gasteiger partial charge in [0.1, 0.15) is 21.5 Å². The molecule has 0 bridgehead atoms. The molecule has 0 spiro atoms. The summed E-state index contributed by atoms with van der Waals surface area (Å²) in [7, 11) is 0. The van der Waals surface area contributed by atoms with Gasteiger partial charge in [-0.1, -0.05) is 12.8 Å². The summed E-state index contributed by atoms with van der Waals surface area (Å²) in [5, 5.41) is 11.4. The van der Waals surface area contributed by atoms with Gasteiger partial charge in [0.15, 0.2) is 0 Å². The second-order valence-electron chi connectivity index (χ2n) is 6.22. The van der Waals surface area contributed by atoms with Crippen molar-refractivity contribution in [3.8, 4) is 21.1 Å². The minimum Gasteiger partial charge on any atom is -0.241 e. The third-order valence-electron chi connectivity index (χ3n) is 4.35. The van der Waals surface area contributed by atoms with Crippen molar-refractivity contribution in [2.45, 2.75) is 42.9 Å². The topological polar surface area (TPSA) is 38.7 Å². The number of aryl methyl sites for hydroxylation is 1. The number of thioether (sulfide) groups is 1. The molecule has 0 saturated heterocycles. The molecule has 2 aromatic heterocycles. The van der Waals surface area contributed by atoms with E-state index >= 15 is 0 Å². The normalized spacial score (nSPS) is 15.0. The van der Waals surface area contributed by atoms with Crippen LogP contribution >= 0.6 is 23.1 Å². The standard InChI is InChI=1S/C19H18FN3S2/c1-12-18(25-19(21-12)13-6-8-14(20)9-7-13)16-10-11-17(23-22-16)24-15-4-2-3-5-15/h6-11,15H,2-5H2,1H3. The fourth-order valence-electron chi connectivity index (χ4n) is 3.03. The maximum atomic E-state index is 13.1. The van der Waals surface area contributed by atoms with Crippen molar-refractivity contribution >= 4 is 23.1 Å². The fourth-order valence-corrected chi connectivity index (χ4v) is 5.21. The third-order valence-corrected chi connectivity index (χ3v) is 6.84. The molecule has 25 heavy (non-hydrogen) atoms. The Kier molecular flexibility index (Phi) is 4.81. The molecular formula is C19H18FN3S2. The lowest BCUT2D eigenvalue weighted by molar-refractivity contribution is 0.628. The van der Waals surface area contributed by atoms with E-state index < -0.39 is 0 Å². The molecule has 2 heterocycles. The molecule has 1 saturated carbocycles. The summed E-state index contributed by atoms with van der Waals surface area (Å²) in [6.07, 6.45) is 5.22. The van der Waals surface area contributed by atoms with Gasteiger partial charge < -0.3 is 0 Å². The van der Waals surface area contributed by atoms with Crippen LogP contribution in [-0.2, 0) is 0 Å². The molecule has 0 N–H and O–H groups in total. The van der Waals surface area contributed by atoms with Crippen LogP contribution in [0.4, 0.5) is 4.39 Å². The van der Waals surface area contributed by atoms with Gasteiger partial charge in [-0.05, 0) is 56.2 Å². The van der Waals surface area contributed by atoms with Crippen LogP contribution in [0.1, 0.15) is 31.4 Å². The Morgan fingerprint density at radius 2 is 1.80 bits per heavy atom. The monoisotopic (exact) mass is 371 g/mol. The lowest BCUT2D eigenvalue weighted by Crippen LogP contribution is -1.96. The first-order chi connectivity index (χ1) is 12.2. The van der Waals surface area contributed by atoms with Crippen molar-refractivity contribution < 1.29 is 4.39 Å². The molecule has 4 rings (SSSR count). The highest BCUT2D eigenvalue weighted by Gasteiger charge is 2.18. The Morgan fingerprint density at radius 3 is 2.48 bits per heavy atom. The Bertz CT molecular complexity index is 853. The van der Waals surface area contributed by atoms with Crippen LogP contribution in [-0.4, -0.2) is 20.4 Å². The predicted molar refractivity (Wildman–Crippen MR) is 101 cm³/mol. The Labute approximate surface area is 154 Å². The summed E-state index contributed by atoms with van der Waals surface area (Å²) in [5.41, 5.74) is 2.69. The molecule has 1 aliphatic rings. The van der Waals surface area contributed by atoms with Gasteiger partial charge in [-0.3, -0.25) is 0 Å². The molecule has 0 unspecified atom stereocenters. The van der Waals surface area contributed by atoms with Crippen molar-refractivity contribution in [3.63, 3.8) is 0 Å². The van der Waals surface area contributed by atoms with Crippen LogP contribution in [0.5, 0.6) is 0 Å². The number of thiazole rings is 1. The first-order valence-electron chi connectivity index (χ1n) is 8.43. The quantitative estimate of drug-likeness (QED) is 0.585. The molecule has 128 valence electrons. The minimum absolute atomic E-state index is 0.238. The maximum Gasteiger partial charge on any atom is 0.124 e. The van der Waals surface area contributed by atoms with Crippen molar-refractivity contribution in [2.75, 3.05) is 0 Å². The number of benzene rings is 1. The molecule has 1 aliphatic carbocycles. The second-order valence-corrected chi connectivity index (χ2v) is 8.54. The van der Waals surface area contributed by atoms with Gasteiger partial charge in [-0.2, -0.15) is 0 Å². The van der Waals surface area contributed by atoms with Gasteiger partial charge in [0, 0.05) is 10.8 Å². The zero-order valence-corrected chi connectivity index (χ0v) is 15.5. The van der Waals surface area contributed by atoms with Crippen molar-refractivity contribution in [2.24, 2.45) is 0 Å². The van der Waals surface area contributed by atoms with Gasteiger partial charge in [0.05, 0.1) is 10.6 Å². The predicted octanol–water partition coefficient (Wildman–Crippen LogP) is 5.75. The summed E-state index contributed by atoms with van der Waals surface area (Å²) in [6, 6.07) is 10.5.